The normalized spacial score (nSPS) is 15.3. The molecule has 1 aliphatic heterocycles. The van der Waals surface area contributed by atoms with E-state index in [9.17, 15) is 18.0 Å². The molecule has 2 heterocycles. The molecule has 1 fully saturated rings. The van der Waals surface area contributed by atoms with Crippen LogP contribution < -0.4 is 10.3 Å². The molecule has 0 N–H and O–H groups in total. The largest absolute Gasteiger partial charge is 0.440 e. The lowest BCUT2D eigenvalue weighted by Crippen LogP contribution is -2.36. The highest BCUT2D eigenvalue weighted by atomic mass is 19.4. The van der Waals surface area contributed by atoms with Crippen LogP contribution in [0.3, 0.4) is 0 Å². The van der Waals surface area contributed by atoms with Gasteiger partial charge in [-0.25, -0.2) is 0 Å². The predicted molar refractivity (Wildman–Crippen MR) is 96.0 cm³/mol. The molecule has 4 rings (SSSR count). The first-order chi connectivity index (χ1) is 12.9. The van der Waals surface area contributed by atoms with Gasteiger partial charge < -0.3 is 14.1 Å². The Bertz CT molecular complexity index is 1040. The van der Waals surface area contributed by atoms with Gasteiger partial charge in [0.05, 0.1) is 24.2 Å². The fraction of sp³-hybridized carbons (Fsp3) is 0.250. The van der Waals surface area contributed by atoms with Crippen LogP contribution >= 0.6 is 0 Å². The summed E-state index contributed by atoms with van der Waals surface area (Å²) in [4.78, 5) is 14.3. The SMILES string of the molecule is O=c1cc(N2CCOCC2)oc2cc(-c3ccccc3C(F)(F)F)ccc12. The molecule has 0 saturated carbocycles. The van der Waals surface area contributed by atoms with E-state index in [1.807, 2.05) is 4.90 Å². The van der Waals surface area contributed by atoms with Crippen molar-refractivity contribution in [2.45, 2.75) is 6.18 Å². The summed E-state index contributed by atoms with van der Waals surface area (Å²) in [7, 11) is 0. The Hall–Kier alpha value is -2.80. The van der Waals surface area contributed by atoms with E-state index >= 15 is 0 Å². The summed E-state index contributed by atoms with van der Waals surface area (Å²) in [6, 6.07) is 11.3. The molecule has 0 amide bonds. The first-order valence-electron chi connectivity index (χ1n) is 8.51. The van der Waals surface area contributed by atoms with Gasteiger partial charge in [0.15, 0.2) is 11.3 Å². The molecule has 140 valence electrons. The molecule has 0 radical (unpaired) electrons. The summed E-state index contributed by atoms with van der Waals surface area (Å²) in [5, 5.41) is 0.334. The summed E-state index contributed by atoms with van der Waals surface area (Å²) >= 11 is 0. The number of anilines is 1. The van der Waals surface area contributed by atoms with E-state index < -0.39 is 11.7 Å². The van der Waals surface area contributed by atoms with E-state index in [2.05, 4.69) is 0 Å². The molecule has 0 unspecified atom stereocenters. The third-order valence-corrected chi connectivity index (χ3v) is 4.58. The Balaban J connectivity index is 1.84. The molecule has 4 nitrogen and oxygen atoms in total. The van der Waals surface area contributed by atoms with Gasteiger partial charge in [-0.15, -0.1) is 0 Å². The second-order valence-corrected chi connectivity index (χ2v) is 6.30. The molecule has 1 aromatic heterocycles. The number of alkyl halides is 3. The first kappa shape index (κ1) is 17.6. The van der Waals surface area contributed by atoms with Gasteiger partial charge in [0.25, 0.3) is 0 Å². The number of nitrogens with zero attached hydrogens (tertiary/aromatic N) is 1. The number of hydrogen-bond acceptors (Lipinski definition) is 4. The molecular weight excluding hydrogens is 359 g/mol. The van der Waals surface area contributed by atoms with Gasteiger partial charge >= 0.3 is 6.18 Å². The van der Waals surface area contributed by atoms with Crippen LogP contribution in [0, 0.1) is 0 Å². The van der Waals surface area contributed by atoms with Gasteiger partial charge in [0.1, 0.15) is 5.58 Å². The van der Waals surface area contributed by atoms with Crippen molar-refractivity contribution >= 4 is 16.9 Å². The lowest BCUT2D eigenvalue weighted by atomic mass is 9.98. The maximum atomic E-state index is 13.3. The number of benzene rings is 2. The maximum absolute atomic E-state index is 13.3. The molecule has 0 aliphatic carbocycles. The second-order valence-electron chi connectivity index (χ2n) is 6.30. The van der Waals surface area contributed by atoms with Gasteiger partial charge in [-0.1, -0.05) is 24.3 Å². The molecule has 3 aromatic rings. The van der Waals surface area contributed by atoms with Gasteiger partial charge in [0, 0.05) is 19.2 Å². The minimum Gasteiger partial charge on any atom is -0.440 e. The summed E-state index contributed by atoms with van der Waals surface area (Å²) < 4.78 is 51.1. The third-order valence-electron chi connectivity index (χ3n) is 4.58. The van der Waals surface area contributed by atoms with Crippen LogP contribution in [-0.4, -0.2) is 26.3 Å². The van der Waals surface area contributed by atoms with Crippen LogP contribution in [0.2, 0.25) is 0 Å². The second kappa shape index (κ2) is 6.74. The summed E-state index contributed by atoms with van der Waals surface area (Å²) in [6.45, 7) is 2.23. The van der Waals surface area contributed by atoms with Crippen LogP contribution in [0.15, 0.2) is 57.7 Å². The fourth-order valence-electron chi connectivity index (χ4n) is 3.23. The van der Waals surface area contributed by atoms with Crippen molar-refractivity contribution in [3.8, 4) is 11.1 Å². The highest BCUT2D eigenvalue weighted by Crippen LogP contribution is 2.37. The topological polar surface area (TPSA) is 42.7 Å². The maximum Gasteiger partial charge on any atom is 0.417 e. The Morgan fingerprint density at radius 2 is 1.70 bits per heavy atom. The van der Waals surface area contributed by atoms with Crippen molar-refractivity contribution in [2.24, 2.45) is 0 Å². The van der Waals surface area contributed by atoms with Gasteiger partial charge in [-0.3, -0.25) is 4.79 Å². The highest BCUT2D eigenvalue weighted by Gasteiger charge is 2.33. The zero-order chi connectivity index (χ0) is 19.0. The van der Waals surface area contributed by atoms with Gasteiger partial charge in [-0.2, -0.15) is 13.2 Å². The van der Waals surface area contributed by atoms with E-state index in [1.165, 1.54) is 36.4 Å². The molecular formula is C20H16F3NO3. The Kier molecular flexibility index (Phi) is 4.39. The van der Waals surface area contributed by atoms with Crippen molar-refractivity contribution < 1.29 is 22.3 Å². The van der Waals surface area contributed by atoms with Crippen LogP contribution in [0.5, 0.6) is 0 Å². The Morgan fingerprint density at radius 1 is 0.963 bits per heavy atom. The fourth-order valence-corrected chi connectivity index (χ4v) is 3.23. The smallest absolute Gasteiger partial charge is 0.417 e. The molecule has 7 heteroatoms. The van der Waals surface area contributed by atoms with Crippen molar-refractivity contribution in [2.75, 3.05) is 31.2 Å². The summed E-state index contributed by atoms with van der Waals surface area (Å²) in [5.41, 5.74) is -0.299. The monoisotopic (exact) mass is 375 g/mol. The van der Waals surface area contributed by atoms with E-state index in [0.29, 0.717) is 43.1 Å². The number of ether oxygens (including phenoxy) is 1. The minimum absolute atomic E-state index is 0.0475. The summed E-state index contributed by atoms with van der Waals surface area (Å²) in [5.74, 6) is 0.400. The highest BCUT2D eigenvalue weighted by molar-refractivity contribution is 5.84. The van der Waals surface area contributed by atoms with E-state index in [0.717, 1.165) is 6.07 Å². The molecule has 0 bridgehead atoms. The zero-order valence-corrected chi connectivity index (χ0v) is 14.3. The van der Waals surface area contributed by atoms with Crippen molar-refractivity contribution in [3.63, 3.8) is 0 Å². The van der Waals surface area contributed by atoms with Crippen molar-refractivity contribution in [1.82, 2.24) is 0 Å². The van der Waals surface area contributed by atoms with E-state index in [-0.39, 0.29) is 16.6 Å². The number of morpholine rings is 1. The minimum atomic E-state index is -4.47. The number of halogens is 3. The molecule has 2 aromatic carbocycles. The lowest BCUT2D eigenvalue weighted by Gasteiger charge is -2.27. The standard InChI is InChI=1S/C20H16F3NO3/c21-20(22,23)16-4-2-1-3-14(16)13-5-6-15-17(25)12-19(27-18(15)11-13)24-7-9-26-10-8-24/h1-6,11-12H,7-10H2. The van der Waals surface area contributed by atoms with E-state index in [4.69, 9.17) is 9.15 Å². The summed E-state index contributed by atoms with van der Waals surface area (Å²) in [6.07, 6.45) is -4.47. The van der Waals surface area contributed by atoms with Crippen LogP contribution in [-0.2, 0) is 10.9 Å². The zero-order valence-electron chi connectivity index (χ0n) is 14.3. The van der Waals surface area contributed by atoms with Crippen molar-refractivity contribution in [3.05, 3.63) is 64.3 Å². The number of fused-ring (bicyclic) bond motifs is 1. The molecule has 0 atom stereocenters. The molecule has 1 saturated heterocycles. The number of hydrogen-bond donors (Lipinski definition) is 0. The van der Waals surface area contributed by atoms with Crippen LogP contribution in [0.1, 0.15) is 5.56 Å². The average Bonchev–Trinajstić information content (AvgIpc) is 2.67. The van der Waals surface area contributed by atoms with Crippen LogP contribution in [0.4, 0.5) is 19.1 Å². The predicted octanol–water partition coefficient (Wildman–Crippen LogP) is 4.32. The first-order valence-corrected chi connectivity index (χ1v) is 8.51. The Morgan fingerprint density at radius 3 is 2.44 bits per heavy atom. The Labute approximate surface area is 152 Å². The lowest BCUT2D eigenvalue weighted by molar-refractivity contribution is -0.137. The van der Waals surface area contributed by atoms with Gasteiger partial charge in [-0.05, 0) is 29.3 Å². The van der Waals surface area contributed by atoms with E-state index in [1.54, 1.807) is 6.07 Å². The molecule has 0 spiro atoms. The van der Waals surface area contributed by atoms with Crippen LogP contribution in [0.25, 0.3) is 22.1 Å². The van der Waals surface area contributed by atoms with Crippen molar-refractivity contribution in [1.29, 1.82) is 0 Å². The quantitative estimate of drug-likeness (QED) is 0.669. The molecule has 1 aliphatic rings. The molecule has 27 heavy (non-hydrogen) atoms. The third kappa shape index (κ3) is 3.42. The average molecular weight is 375 g/mol. The van der Waals surface area contributed by atoms with Gasteiger partial charge in [0.2, 0.25) is 0 Å². The number of rotatable bonds is 2.